The van der Waals surface area contributed by atoms with Crippen molar-refractivity contribution in [1.29, 1.82) is 0 Å². The second-order valence-electron chi connectivity index (χ2n) is 9.20. The molecule has 2 aromatic carbocycles. The van der Waals surface area contributed by atoms with Crippen molar-refractivity contribution in [2.75, 3.05) is 18.5 Å². The van der Waals surface area contributed by atoms with E-state index < -0.39 is 5.97 Å². The summed E-state index contributed by atoms with van der Waals surface area (Å²) in [5, 5.41) is 15.9. The highest BCUT2D eigenvalue weighted by atomic mass is 16.5. The van der Waals surface area contributed by atoms with Crippen LogP contribution in [0.5, 0.6) is 5.88 Å². The number of benzene rings is 2. The average Bonchev–Trinajstić information content (AvgIpc) is 3.34. The lowest BCUT2D eigenvalue weighted by molar-refractivity contribution is -0.136. The molecule has 0 spiro atoms. The number of unbranched alkanes of at least 4 members (excludes halogenated alkanes) is 1. The Hall–Kier alpha value is -4.33. The molecule has 0 fully saturated rings. The number of pyridine rings is 1. The maximum Gasteiger partial charge on any atom is 0.305 e. The third kappa shape index (κ3) is 7.12. The fourth-order valence-electron chi connectivity index (χ4n) is 4.17. The largest absolute Gasteiger partial charge is 0.481 e. The van der Waals surface area contributed by atoms with Gasteiger partial charge in [0, 0.05) is 34.8 Å². The van der Waals surface area contributed by atoms with E-state index in [1.54, 1.807) is 12.1 Å². The monoisotopic (exact) mass is 515 g/mol. The standard InChI is InChI=1S/C30H33N3O5/c1-3-4-8-24(33-23-12-10-21(11-13-23)30(36)31-17-16-29(34)35)19-37-28-15-14-25(20(2)32-28)27-18-22-7-5-6-9-26(22)38-27/h5-7,9-15,18,24,33H,3-4,8,16-17,19H2,1-2H3,(H,31,36)(H,34,35)/t24-/m0/s1. The lowest BCUT2D eigenvalue weighted by Crippen LogP contribution is -2.28. The van der Waals surface area contributed by atoms with Crippen LogP contribution in [0.2, 0.25) is 0 Å². The number of anilines is 1. The number of carbonyl (C=O) groups excluding carboxylic acids is 1. The zero-order chi connectivity index (χ0) is 26.9. The van der Waals surface area contributed by atoms with Crippen molar-refractivity contribution in [1.82, 2.24) is 10.3 Å². The van der Waals surface area contributed by atoms with Gasteiger partial charge in [-0.3, -0.25) is 9.59 Å². The number of carbonyl (C=O) groups is 2. The Morgan fingerprint density at radius 3 is 2.58 bits per heavy atom. The highest BCUT2D eigenvalue weighted by molar-refractivity contribution is 5.94. The quantitative estimate of drug-likeness (QED) is 0.198. The molecule has 8 nitrogen and oxygen atoms in total. The molecule has 4 rings (SSSR count). The van der Waals surface area contributed by atoms with Gasteiger partial charge in [-0.15, -0.1) is 0 Å². The molecule has 0 saturated heterocycles. The lowest BCUT2D eigenvalue weighted by Gasteiger charge is -2.20. The van der Waals surface area contributed by atoms with Gasteiger partial charge in [-0.1, -0.05) is 38.0 Å². The maximum absolute atomic E-state index is 12.2. The lowest BCUT2D eigenvalue weighted by atomic mass is 10.1. The summed E-state index contributed by atoms with van der Waals surface area (Å²) in [6, 6.07) is 21.0. The number of carboxylic acid groups (broad SMARTS) is 1. The highest BCUT2D eigenvalue weighted by Crippen LogP contribution is 2.30. The number of para-hydroxylation sites is 1. The molecule has 3 N–H and O–H groups in total. The summed E-state index contributed by atoms with van der Waals surface area (Å²) >= 11 is 0. The Kier molecular flexibility index (Phi) is 8.98. The molecule has 1 atom stereocenters. The summed E-state index contributed by atoms with van der Waals surface area (Å²) in [4.78, 5) is 27.5. The molecular formula is C30H33N3O5. The SMILES string of the molecule is CCCC[C@@H](COc1ccc(-c2cc3ccccc3o2)c(C)n1)Nc1ccc(C(=O)NCCC(=O)O)cc1. The van der Waals surface area contributed by atoms with E-state index in [9.17, 15) is 9.59 Å². The van der Waals surface area contributed by atoms with E-state index in [-0.39, 0.29) is 24.9 Å². The molecule has 0 aliphatic rings. The van der Waals surface area contributed by atoms with Crippen LogP contribution in [0.3, 0.4) is 0 Å². The summed E-state index contributed by atoms with van der Waals surface area (Å²) in [5.41, 5.74) is 3.96. The topological polar surface area (TPSA) is 114 Å². The Morgan fingerprint density at radius 1 is 1.08 bits per heavy atom. The van der Waals surface area contributed by atoms with E-state index in [2.05, 4.69) is 22.5 Å². The zero-order valence-electron chi connectivity index (χ0n) is 21.7. The molecule has 198 valence electrons. The molecule has 0 bridgehead atoms. The number of aliphatic carboxylic acids is 1. The minimum Gasteiger partial charge on any atom is -0.481 e. The molecule has 0 saturated carbocycles. The highest BCUT2D eigenvalue weighted by Gasteiger charge is 2.14. The summed E-state index contributed by atoms with van der Waals surface area (Å²) in [6.07, 6.45) is 2.92. The van der Waals surface area contributed by atoms with Crippen LogP contribution in [0, 0.1) is 6.92 Å². The second-order valence-corrected chi connectivity index (χ2v) is 9.20. The molecular weight excluding hydrogens is 482 g/mol. The number of nitrogens with zero attached hydrogens (tertiary/aromatic N) is 1. The zero-order valence-corrected chi connectivity index (χ0v) is 21.7. The van der Waals surface area contributed by atoms with Crippen molar-refractivity contribution in [2.24, 2.45) is 0 Å². The van der Waals surface area contributed by atoms with Gasteiger partial charge >= 0.3 is 5.97 Å². The number of rotatable bonds is 13. The first-order valence-electron chi connectivity index (χ1n) is 12.9. The van der Waals surface area contributed by atoms with Gasteiger partial charge in [0.05, 0.1) is 18.2 Å². The van der Waals surface area contributed by atoms with Crippen LogP contribution < -0.4 is 15.4 Å². The number of hydrogen-bond acceptors (Lipinski definition) is 6. The molecule has 0 radical (unpaired) electrons. The molecule has 2 heterocycles. The summed E-state index contributed by atoms with van der Waals surface area (Å²) < 4.78 is 12.1. The van der Waals surface area contributed by atoms with Crippen molar-refractivity contribution in [2.45, 2.75) is 45.6 Å². The molecule has 4 aromatic rings. The van der Waals surface area contributed by atoms with Gasteiger partial charge in [0.1, 0.15) is 18.0 Å². The number of fused-ring (bicyclic) bond motifs is 1. The van der Waals surface area contributed by atoms with Gasteiger partial charge in [-0.2, -0.15) is 0 Å². The maximum atomic E-state index is 12.2. The average molecular weight is 516 g/mol. The van der Waals surface area contributed by atoms with Gasteiger partial charge in [-0.25, -0.2) is 4.98 Å². The normalized spacial score (nSPS) is 11.7. The third-order valence-electron chi connectivity index (χ3n) is 6.23. The van der Waals surface area contributed by atoms with Crippen molar-refractivity contribution >= 4 is 28.5 Å². The minimum atomic E-state index is -0.947. The number of amides is 1. The molecule has 2 aromatic heterocycles. The van der Waals surface area contributed by atoms with Crippen molar-refractivity contribution in [3.63, 3.8) is 0 Å². The molecule has 0 aliphatic heterocycles. The van der Waals surface area contributed by atoms with Crippen molar-refractivity contribution < 1.29 is 23.8 Å². The molecule has 38 heavy (non-hydrogen) atoms. The van der Waals surface area contributed by atoms with E-state index in [0.717, 1.165) is 52.9 Å². The van der Waals surface area contributed by atoms with E-state index in [4.69, 9.17) is 14.3 Å². The Labute approximate surface area is 222 Å². The van der Waals surface area contributed by atoms with Gasteiger partial charge in [0.15, 0.2) is 0 Å². The number of aromatic nitrogens is 1. The fraction of sp³-hybridized carbons (Fsp3) is 0.300. The van der Waals surface area contributed by atoms with E-state index in [1.807, 2.05) is 61.5 Å². The minimum absolute atomic E-state index is 0.0577. The van der Waals surface area contributed by atoms with Crippen LogP contribution in [-0.4, -0.2) is 41.2 Å². The van der Waals surface area contributed by atoms with Crippen LogP contribution in [0.25, 0.3) is 22.3 Å². The number of aryl methyl sites for hydroxylation is 1. The number of carboxylic acids is 1. The van der Waals surface area contributed by atoms with Crippen LogP contribution in [-0.2, 0) is 4.79 Å². The third-order valence-corrected chi connectivity index (χ3v) is 6.23. The first-order valence-corrected chi connectivity index (χ1v) is 12.9. The Bertz CT molecular complexity index is 1350. The van der Waals surface area contributed by atoms with E-state index >= 15 is 0 Å². The molecule has 8 heteroatoms. The molecule has 0 unspecified atom stereocenters. The van der Waals surface area contributed by atoms with Crippen LogP contribution in [0.4, 0.5) is 5.69 Å². The van der Waals surface area contributed by atoms with Crippen molar-refractivity contribution in [3.8, 4) is 17.2 Å². The van der Waals surface area contributed by atoms with Gasteiger partial charge in [0.25, 0.3) is 5.91 Å². The number of hydrogen-bond donors (Lipinski definition) is 3. The number of furan rings is 1. The second kappa shape index (κ2) is 12.8. The molecule has 1 amide bonds. The first kappa shape index (κ1) is 26.7. The van der Waals surface area contributed by atoms with Gasteiger partial charge < -0.3 is 24.9 Å². The van der Waals surface area contributed by atoms with Crippen LogP contribution in [0.1, 0.15) is 48.7 Å². The first-order chi connectivity index (χ1) is 18.4. The smallest absolute Gasteiger partial charge is 0.305 e. The number of nitrogens with one attached hydrogen (secondary N) is 2. The summed E-state index contributed by atoms with van der Waals surface area (Å²) in [6.45, 7) is 4.63. The molecule has 0 aliphatic carbocycles. The Morgan fingerprint density at radius 2 is 1.87 bits per heavy atom. The van der Waals surface area contributed by atoms with Crippen molar-refractivity contribution in [3.05, 3.63) is 78.0 Å². The van der Waals surface area contributed by atoms with Gasteiger partial charge in [-0.05, 0) is 55.8 Å². The predicted molar refractivity (Wildman–Crippen MR) is 148 cm³/mol. The van der Waals surface area contributed by atoms with E-state index in [0.29, 0.717) is 18.1 Å². The van der Waals surface area contributed by atoms with Crippen LogP contribution in [0.15, 0.2) is 71.1 Å². The summed E-state index contributed by atoms with van der Waals surface area (Å²) in [5.74, 6) is 0.0946. The van der Waals surface area contributed by atoms with Crippen LogP contribution >= 0.6 is 0 Å². The number of ether oxygens (including phenoxy) is 1. The Balaban J connectivity index is 1.36. The fourth-order valence-corrected chi connectivity index (χ4v) is 4.17. The van der Waals surface area contributed by atoms with E-state index in [1.165, 1.54) is 0 Å². The summed E-state index contributed by atoms with van der Waals surface area (Å²) in [7, 11) is 0. The van der Waals surface area contributed by atoms with Gasteiger partial charge in [0.2, 0.25) is 5.88 Å². The predicted octanol–water partition coefficient (Wildman–Crippen LogP) is 6.06.